The molecule has 3 atom stereocenters. The lowest BCUT2D eigenvalue weighted by Crippen LogP contribution is -2.44. The molecule has 0 saturated carbocycles. The van der Waals surface area contributed by atoms with Crippen LogP contribution in [0.4, 0.5) is 17.6 Å². The number of rotatable bonds is 4. The van der Waals surface area contributed by atoms with Gasteiger partial charge in [-0.05, 0) is 77.0 Å². The quantitative estimate of drug-likeness (QED) is 0.240. The molecule has 2 aliphatic rings. The molecule has 5 rings (SSSR count). The van der Waals surface area contributed by atoms with E-state index in [1.807, 2.05) is 52.1 Å². The minimum atomic E-state index is -3.18. The zero-order chi connectivity index (χ0) is 28.5. The van der Waals surface area contributed by atoms with E-state index in [9.17, 15) is 14.0 Å². The predicted molar refractivity (Wildman–Crippen MR) is 144 cm³/mol. The van der Waals surface area contributed by atoms with E-state index in [0.29, 0.717) is 39.9 Å². The number of aryl methyl sites for hydroxylation is 1. The van der Waals surface area contributed by atoms with E-state index in [1.165, 1.54) is 0 Å². The molecular formula is C30H33F4N3OSi. The van der Waals surface area contributed by atoms with Crippen molar-refractivity contribution >= 4 is 8.32 Å². The second-order valence-electron chi connectivity index (χ2n) is 12.3. The zero-order valence-corrected chi connectivity index (χ0v) is 24.1. The predicted octanol–water partition coefficient (Wildman–Crippen LogP) is 8.29. The Labute approximate surface area is 227 Å². The molecule has 0 saturated heterocycles. The van der Waals surface area contributed by atoms with Crippen LogP contribution in [0.25, 0.3) is 11.3 Å². The molecule has 2 aromatic carbocycles. The number of alkyl halides is 3. The van der Waals surface area contributed by atoms with Gasteiger partial charge in [-0.2, -0.15) is 10.4 Å². The van der Waals surface area contributed by atoms with Gasteiger partial charge < -0.3 is 4.43 Å². The number of nitrogens with zero attached hydrogens (tertiary/aromatic N) is 3. The first kappa shape index (κ1) is 27.6. The molecule has 0 N–H and O–H groups in total. The molecule has 9 heteroatoms. The second kappa shape index (κ2) is 9.31. The van der Waals surface area contributed by atoms with Crippen molar-refractivity contribution in [2.24, 2.45) is 7.05 Å². The van der Waals surface area contributed by atoms with Gasteiger partial charge in [0.05, 0.1) is 17.3 Å². The molecule has 1 aromatic heterocycles. The number of fused-ring (bicyclic) bond motifs is 2. The topological polar surface area (TPSA) is 50.8 Å². The summed E-state index contributed by atoms with van der Waals surface area (Å²) in [7, 11) is -0.867. The molecule has 39 heavy (non-hydrogen) atoms. The van der Waals surface area contributed by atoms with Crippen molar-refractivity contribution < 1.29 is 22.0 Å². The van der Waals surface area contributed by atoms with Crippen molar-refractivity contribution in [3.63, 3.8) is 0 Å². The Hall–Kier alpha value is -2.96. The van der Waals surface area contributed by atoms with Crippen LogP contribution in [0.1, 0.15) is 85.2 Å². The number of nitriles is 1. The largest absolute Gasteiger partial charge is 0.404 e. The lowest BCUT2D eigenvalue weighted by molar-refractivity contribution is -0.0899. The molecule has 0 amide bonds. The number of aromatic nitrogens is 2. The lowest BCUT2D eigenvalue weighted by Gasteiger charge is -2.40. The zero-order valence-electron chi connectivity index (χ0n) is 23.1. The van der Waals surface area contributed by atoms with E-state index < -0.39 is 44.7 Å². The van der Waals surface area contributed by atoms with Crippen LogP contribution in [0.5, 0.6) is 0 Å². The second-order valence-corrected chi connectivity index (χ2v) is 17.1. The normalized spacial score (nSPS) is 22.3. The van der Waals surface area contributed by atoms with Gasteiger partial charge in [-0.15, -0.1) is 0 Å². The number of benzene rings is 2. The average Bonchev–Trinajstić information content (AvgIpc) is 3.38. The maximum absolute atomic E-state index is 16.1. The van der Waals surface area contributed by atoms with Crippen LogP contribution in [0.2, 0.25) is 18.1 Å². The molecule has 0 fully saturated rings. The minimum Gasteiger partial charge on any atom is -0.404 e. The van der Waals surface area contributed by atoms with Crippen LogP contribution < -0.4 is 0 Å². The fraction of sp³-hybridized carbons (Fsp3) is 0.467. The Morgan fingerprint density at radius 2 is 1.82 bits per heavy atom. The van der Waals surface area contributed by atoms with Gasteiger partial charge in [0.2, 0.25) is 0 Å². The molecule has 2 aliphatic carbocycles. The number of hydrogen-bond acceptors (Lipinski definition) is 3. The maximum Gasteiger partial charge on any atom is 0.280 e. The fourth-order valence-electron chi connectivity index (χ4n) is 5.83. The van der Waals surface area contributed by atoms with E-state index in [-0.39, 0.29) is 22.6 Å². The Bertz CT molecular complexity index is 1480. The lowest BCUT2D eigenvalue weighted by atomic mass is 9.74. The van der Waals surface area contributed by atoms with Crippen molar-refractivity contribution in [2.75, 3.05) is 0 Å². The Morgan fingerprint density at radius 3 is 2.44 bits per heavy atom. The van der Waals surface area contributed by atoms with Gasteiger partial charge in [0.15, 0.2) is 8.32 Å². The summed E-state index contributed by atoms with van der Waals surface area (Å²) in [5.41, 5.74) is 3.38. The molecule has 4 nitrogen and oxygen atoms in total. The minimum absolute atomic E-state index is 0.0423. The van der Waals surface area contributed by atoms with Gasteiger partial charge in [-0.3, -0.25) is 4.68 Å². The maximum atomic E-state index is 16.1. The van der Waals surface area contributed by atoms with Gasteiger partial charge >= 0.3 is 0 Å². The van der Waals surface area contributed by atoms with E-state index in [1.54, 1.807) is 24.0 Å². The van der Waals surface area contributed by atoms with Gasteiger partial charge in [-0.1, -0.05) is 32.9 Å². The van der Waals surface area contributed by atoms with Gasteiger partial charge in [0, 0.05) is 31.1 Å². The molecule has 1 heterocycles. The molecule has 206 valence electrons. The summed E-state index contributed by atoms with van der Waals surface area (Å²) in [5.74, 6) is -4.37. The standard InChI is InChI=1S/C30H33F4N3OSi/c1-29(2,3)39(5,6)38-28-27-21(25-11-12-36-37(25)4)8-7-19(23(27)15-30(28,33)34)20-9-10-24(32)22-14-18(31)13-17(16-35)26(20)22/h7-8,11-14,20,24,28H,9-10,15H2,1-6H3/t20?,24-,28-/m0/s1. The van der Waals surface area contributed by atoms with E-state index in [4.69, 9.17) is 4.43 Å². The first-order valence-electron chi connectivity index (χ1n) is 13.2. The van der Waals surface area contributed by atoms with Crippen molar-refractivity contribution in [1.29, 1.82) is 5.26 Å². The smallest absolute Gasteiger partial charge is 0.280 e. The monoisotopic (exact) mass is 555 g/mol. The Morgan fingerprint density at radius 1 is 1.10 bits per heavy atom. The third-order valence-electron chi connectivity index (χ3n) is 8.83. The van der Waals surface area contributed by atoms with Gasteiger partial charge in [0.25, 0.3) is 5.92 Å². The Kier molecular flexibility index (Phi) is 6.59. The number of halogens is 4. The summed E-state index contributed by atoms with van der Waals surface area (Å²) in [5, 5.41) is 13.8. The van der Waals surface area contributed by atoms with E-state index in [0.717, 1.165) is 12.1 Å². The molecule has 3 aromatic rings. The fourth-order valence-corrected chi connectivity index (χ4v) is 7.06. The Balaban J connectivity index is 1.76. The van der Waals surface area contributed by atoms with Gasteiger partial charge in [0.1, 0.15) is 18.1 Å². The summed E-state index contributed by atoms with van der Waals surface area (Å²) in [6, 6.07) is 9.66. The van der Waals surface area contributed by atoms with Crippen LogP contribution >= 0.6 is 0 Å². The van der Waals surface area contributed by atoms with E-state index >= 15 is 8.78 Å². The summed E-state index contributed by atoms with van der Waals surface area (Å²) in [6.07, 6.45) is -1.35. The highest BCUT2D eigenvalue weighted by molar-refractivity contribution is 6.74. The molecular weight excluding hydrogens is 522 g/mol. The number of hydrogen-bond donors (Lipinski definition) is 0. The molecule has 0 spiro atoms. The molecule has 0 radical (unpaired) electrons. The molecule has 0 aliphatic heterocycles. The highest BCUT2D eigenvalue weighted by Gasteiger charge is 2.54. The summed E-state index contributed by atoms with van der Waals surface area (Å²) < 4.78 is 69.5. The average molecular weight is 556 g/mol. The van der Waals surface area contributed by atoms with Crippen molar-refractivity contribution in [2.45, 2.75) is 82.3 Å². The summed E-state index contributed by atoms with van der Waals surface area (Å²) >= 11 is 0. The van der Waals surface area contributed by atoms with Crippen LogP contribution in [0.15, 0.2) is 36.5 Å². The van der Waals surface area contributed by atoms with Crippen LogP contribution in [-0.4, -0.2) is 24.0 Å². The SMILES string of the molecule is Cn1nccc1-c1ccc(C2CC[C@H](F)c3cc(F)cc(C#N)c32)c2c1[C@H](O[Si](C)(C)C(C)(C)C)C(F)(F)C2. The van der Waals surface area contributed by atoms with Crippen molar-refractivity contribution in [3.8, 4) is 17.3 Å². The van der Waals surface area contributed by atoms with Crippen molar-refractivity contribution in [3.05, 3.63) is 75.7 Å². The molecule has 0 bridgehead atoms. The van der Waals surface area contributed by atoms with Crippen LogP contribution in [0, 0.1) is 17.1 Å². The highest BCUT2D eigenvalue weighted by atomic mass is 28.4. The first-order valence-corrected chi connectivity index (χ1v) is 16.1. The highest BCUT2D eigenvalue weighted by Crippen LogP contribution is 2.56. The third kappa shape index (κ3) is 4.51. The first-order chi connectivity index (χ1) is 18.2. The van der Waals surface area contributed by atoms with Gasteiger partial charge in [-0.25, -0.2) is 17.6 Å². The summed E-state index contributed by atoms with van der Waals surface area (Å²) in [6.45, 7) is 9.96. The third-order valence-corrected chi connectivity index (χ3v) is 13.3. The van der Waals surface area contributed by atoms with E-state index in [2.05, 4.69) is 5.10 Å². The molecule has 1 unspecified atom stereocenters. The summed E-state index contributed by atoms with van der Waals surface area (Å²) in [4.78, 5) is 0. The van der Waals surface area contributed by atoms with Crippen LogP contribution in [0.3, 0.4) is 0 Å². The van der Waals surface area contributed by atoms with Crippen molar-refractivity contribution in [1.82, 2.24) is 9.78 Å². The van der Waals surface area contributed by atoms with Crippen LogP contribution in [-0.2, 0) is 17.9 Å².